The SMILES string of the molecule is Cn1cc(C(=O)Nc2ccc(OC(=O)c3ccn(-c4cccc([N+](=O)[O-])c4)n3)cc2)cn1. The maximum Gasteiger partial charge on any atom is 0.364 e. The molecule has 160 valence electrons. The number of benzene rings is 2. The Balaban J connectivity index is 1.40. The van der Waals surface area contributed by atoms with E-state index >= 15 is 0 Å². The Morgan fingerprint density at radius 2 is 1.91 bits per heavy atom. The highest BCUT2D eigenvalue weighted by Gasteiger charge is 2.15. The molecule has 0 aliphatic heterocycles. The molecule has 0 aliphatic rings. The van der Waals surface area contributed by atoms with E-state index in [4.69, 9.17) is 4.74 Å². The average molecular weight is 432 g/mol. The summed E-state index contributed by atoms with van der Waals surface area (Å²) < 4.78 is 8.18. The number of ether oxygens (including phenoxy) is 1. The Bertz CT molecular complexity index is 1310. The van der Waals surface area contributed by atoms with Crippen molar-refractivity contribution in [3.63, 3.8) is 0 Å². The molecule has 4 rings (SSSR count). The number of carbonyl (C=O) groups excluding carboxylic acids is 2. The van der Waals surface area contributed by atoms with Gasteiger partial charge in [-0.05, 0) is 36.4 Å². The van der Waals surface area contributed by atoms with Crippen molar-refractivity contribution in [1.82, 2.24) is 19.6 Å². The first-order valence-corrected chi connectivity index (χ1v) is 9.32. The predicted molar refractivity (Wildman–Crippen MR) is 113 cm³/mol. The van der Waals surface area contributed by atoms with Crippen LogP contribution in [0, 0.1) is 10.1 Å². The van der Waals surface area contributed by atoms with E-state index in [1.54, 1.807) is 31.4 Å². The fourth-order valence-electron chi connectivity index (χ4n) is 2.83. The van der Waals surface area contributed by atoms with Crippen molar-refractivity contribution in [2.45, 2.75) is 0 Å². The van der Waals surface area contributed by atoms with E-state index in [0.717, 1.165) is 0 Å². The average Bonchev–Trinajstić information content (AvgIpc) is 3.45. The Morgan fingerprint density at radius 3 is 2.59 bits per heavy atom. The second-order valence-corrected chi connectivity index (χ2v) is 6.69. The zero-order chi connectivity index (χ0) is 22.7. The molecule has 0 aliphatic carbocycles. The summed E-state index contributed by atoms with van der Waals surface area (Å²) in [7, 11) is 1.71. The van der Waals surface area contributed by atoms with Gasteiger partial charge < -0.3 is 10.1 Å². The lowest BCUT2D eigenvalue weighted by molar-refractivity contribution is -0.384. The molecule has 0 unspecified atom stereocenters. The summed E-state index contributed by atoms with van der Waals surface area (Å²) in [6.45, 7) is 0. The number of esters is 1. The van der Waals surface area contributed by atoms with Gasteiger partial charge in [0.1, 0.15) is 5.75 Å². The first kappa shape index (κ1) is 20.5. The van der Waals surface area contributed by atoms with Crippen LogP contribution in [0.3, 0.4) is 0 Å². The maximum absolute atomic E-state index is 12.4. The normalized spacial score (nSPS) is 10.5. The predicted octanol–water partition coefficient (Wildman–Crippen LogP) is 2.99. The summed E-state index contributed by atoms with van der Waals surface area (Å²) >= 11 is 0. The van der Waals surface area contributed by atoms with Crippen molar-refractivity contribution in [3.05, 3.63) is 94.6 Å². The molecule has 0 bridgehead atoms. The van der Waals surface area contributed by atoms with Gasteiger partial charge in [0.05, 0.1) is 22.4 Å². The van der Waals surface area contributed by atoms with Gasteiger partial charge in [-0.15, -0.1) is 0 Å². The fourth-order valence-corrected chi connectivity index (χ4v) is 2.83. The van der Waals surface area contributed by atoms with Crippen LogP contribution in [-0.2, 0) is 7.05 Å². The molecule has 2 aromatic heterocycles. The largest absolute Gasteiger partial charge is 0.422 e. The quantitative estimate of drug-likeness (QED) is 0.214. The van der Waals surface area contributed by atoms with Gasteiger partial charge in [0.2, 0.25) is 0 Å². The number of nitro groups is 1. The molecule has 2 aromatic carbocycles. The molecule has 1 N–H and O–H groups in total. The highest BCUT2D eigenvalue weighted by atomic mass is 16.6. The van der Waals surface area contributed by atoms with Crippen LogP contribution in [0.25, 0.3) is 5.69 Å². The maximum atomic E-state index is 12.4. The number of nitro benzene ring substituents is 1. The van der Waals surface area contributed by atoms with Crippen LogP contribution >= 0.6 is 0 Å². The topological polar surface area (TPSA) is 134 Å². The van der Waals surface area contributed by atoms with Gasteiger partial charge in [-0.3, -0.25) is 19.6 Å². The Hall–Kier alpha value is -4.80. The summed E-state index contributed by atoms with van der Waals surface area (Å²) in [5, 5.41) is 21.7. The standard InChI is InChI=1S/C21H16N6O5/c1-25-13-14(12-22-25)20(28)23-15-5-7-18(8-6-15)32-21(29)19-9-10-26(24-19)16-3-2-4-17(11-16)27(30)31/h2-13H,1H3,(H,23,28). The summed E-state index contributed by atoms with van der Waals surface area (Å²) in [5.41, 5.74) is 1.33. The summed E-state index contributed by atoms with van der Waals surface area (Å²) in [4.78, 5) is 35.0. The van der Waals surface area contributed by atoms with Crippen molar-refractivity contribution in [2.75, 3.05) is 5.32 Å². The molecule has 32 heavy (non-hydrogen) atoms. The molecule has 11 heteroatoms. The van der Waals surface area contributed by atoms with Crippen LogP contribution in [0.2, 0.25) is 0 Å². The zero-order valence-electron chi connectivity index (χ0n) is 16.7. The van der Waals surface area contributed by atoms with E-state index in [9.17, 15) is 19.7 Å². The smallest absolute Gasteiger partial charge is 0.364 e. The number of carbonyl (C=O) groups is 2. The molecule has 0 radical (unpaired) electrons. The van der Waals surface area contributed by atoms with Gasteiger partial charge in [-0.2, -0.15) is 10.2 Å². The highest BCUT2D eigenvalue weighted by Crippen LogP contribution is 2.19. The number of non-ortho nitro benzene ring substituents is 1. The van der Waals surface area contributed by atoms with Crippen LogP contribution in [0.5, 0.6) is 5.75 Å². The molecule has 11 nitrogen and oxygen atoms in total. The highest BCUT2D eigenvalue weighted by molar-refractivity contribution is 6.04. The second kappa shape index (κ2) is 8.52. The number of anilines is 1. The number of aromatic nitrogens is 4. The van der Waals surface area contributed by atoms with Gasteiger partial charge in [0.25, 0.3) is 11.6 Å². The molecule has 0 saturated carbocycles. The molecule has 0 atom stereocenters. The number of rotatable bonds is 6. The molecule has 4 aromatic rings. The fraction of sp³-hybridized carbons (Fsp3) is 0.0476. The minimum Gasteiger partial charge on any atom is -0.422 e. The molecule has 1 amide bonds. The summed E-state index contributed by atoms with van der Waals surface area (Å²) in [6, 6.07) is 13.6. The molecule has 2 heterocycles. The summed E-state index contributed by atoms with van der Waals surface area (Å²) in [5.74, 6) is -0.741. The Kier molecular flexibility index (Phi) is 5.45. The van der Waals surface area contributed by atoms with Crippen LogP contribution < -0.4 is 10.1 Å². The van der Waals surface area contributed by atoms with E-state index in [2.05, 4.69) is 15.5 Å². The van der Waals surface area contributed by atoms with Crippen LogP contribution in [0.1, 0.15) is 20.8 Å². The van der Waals surface area contributed by atoms with Crippen molar-refractivity contribution in [3.8, 4) is 11.4 Å². The lowest BCUT2D eigenvalue weighted by Gasteiger charge is -2.06. The minimum absolute atomic E-state index is 0.0328. The van der Waals surface area contributed by atoms with Gasteiger partial charge in [-0.25, -0.2) is 9.48 Å². The Labute approximate surface area is 181 Å². The van der Waals surface area contributed by atoms with Crippen molar-refractivity contribution in [1.29, 1.82) is 0 Å². The third-order valence-electron chi connectivity index (χ3n) is 4.39. The molecule has 0 saturated heterocycles. The Morgan fingerprint density at radius 1 is 1.12 bits per heavy atom. The third kappa shape index (κ3) is 4.51. The van der Waals surface area contributed by atoms with E-state index < -0.39 is 10.9 Å². The lowest BCUT2D eigenvalue weighted by atomic mass is 10.2. The lowest BCUT2D eigenvalue weighted by Crippen LogP contribution is -2.12. The van der Waals surface area contributed by atoms with E-state index in [1.807, 2.05) is 0 Å². The molecule has 0 fully saturated rings. The third-order valence-corrected chi connectivity index (χ3v) is 4.39. The van der Waals surface area contributed by atoms with Crippen molar-refractivity contribution in [2.24, 2.45) is 7.05 Å². The zero-order valence-corrected chi connectivity index (χ0v) is 16.7. The van der Waals surface area contributed by atoms with Crippen LogP contribution in [-0.4, -0.2) is 36.4 Å². The molecular weight excluding hydrogens is 416 g/mol. The number of amides is 1. The minimum atomic E-state index is -0.693. The number of aryl methyl sites for hydroxylation is 1. The molecular formula is C21H16N6O5. The van der Waals surface area contributed by atoms with Gasteiger partial charge in [0.15, 0.2) is 5.69 Å². The first-order valence-electron chi connectivity index (χ1n) is 9.32. The number of nitrogens with zero attached hydrogens (tertiary/aromatic N) is 5. The van der Waals surface area contributed by atoms with Gasteiger partial charge >= 0.3 is 5.97 Å². The van der Waals surface area contributed by atoms with E-state index in [-0.39, 0.29) is 23.0 Å². The first-order chi connectivity index (χ1) is 15.4. The van der Waals surface area contributed by atoms with Gasteiger partial charge in [0, 0.05) is 37.3 Å². The van der Waals surface area contributed by atoms with E-state index in [1.165, 1.54) is 58.2 Å². The van der Waals surface area contributed by atoms with Gasteiger partial charge in [-0.1, -0.05) is 6.07 Å². The van der Waals surface area contributed by atoms with Crippen molar-refractivity contribution < 1.29 is 19.2 Å². The number of hydrogen-bond donors (Lipinski definition) is 1. The van der Waals surface area contributed by atoms with E-state index in [0.29, 0.717) is 16.9 Å². The molecule has 0 spiro atoms. The van der Waals surface area contributed by atoms with Crippen molar-refractivity contribution >= 4 is 23.3 Å². The second-order valence-electron chi connectivity index (χ2n) is 6.69. The number of nitrogens with one attached hydrogen (secondary N) is 1. The van der Waals surface area contributed by atoms with Crippen LogP contribution in [0.15, 0.2) is 73.2 Å². The van der Waals surface area contributed by atoms with Crippen LogP contribution in [0.4, 0.5) is 11.4 Å². The number of hydrogen-bond acceptors (Lipinski definition) is 7. The monoisotopic (exact) mass is 432 g/mol. The summed E-state index contributed by atoms with van der Waals surface area (Å²) in [6.07, 6.45) is 4.56.